The first-order chi connectivity index (χ1) is 14.6. The monoisotopic (exact) mass is 409 g/mol. The lowest BCUT2D eigenvalue weighted by molar-refractivity contribution is -0.111. The van der Waals surface area contributed by atoms with Crippen LogP contribution < -0.4 is 25.0 Å². The van der Waals surface area contributed by atoms with E-state index in [9.17, 15) is 9.59 Å². The minimum absolute atomic E-state index is 0.120. The lowest BCUT2D eigenvalue weighted by atomic mass is 10.2. The summed E-state index contributed by atoms with van der Waals surface area (Å²) in [6.07, 6.45) is 4.97. The quantitative estimate of drug-likeness (QED) is 0.645. The van der Waals surface area contributed by atoms with Crippen LogP contribution in [0.25, 0.3) is 6.08 Å². The van der Waals surface area contributed by atoms with Gasteiger partial charge in [0.05, 0.1) is 13.7 Å². The van der Waals surface area contributed by atoms with E-state index in [2.05, 4.69) is 10.6 Å². The van der Waals surface area contributed by atoms with E-state index in [4.69, 9.17) is 9.47 Å². The number of amides is 3. The predicted molar refractivity (Wildman–Crippen MR) is 118 cm³/mol. The van der Waals surface area contributed by atoms with E-state index >= 15 is 0 Å². The van der Waals surface area contributed by atoms with Gasteiger partial charge in [-0.25, -0.2) is 4.79 Å². The summed E-state index contributed by atoms with van der Waals surface area (Å²) in [7, 11) is 1.59. The van der Waals surface area contributed by atoms with E-state index in [1.807, 2.05) is 37.3 Å². The number of rotatable bonds is 8. The van der Waals surface area contributed by atoms with E-state index < -0.39 is 0 Å². The number of ether oxygens (including phenoxy) is 2. The van der Waals surface area contributed by atoms with Crippen molar-refractivity contribution >= 4 is 29.4 Å². The molecule has 1 saturated heterocycles. The average Bonchev–Trinajstić information content (AvgIpc) is 2.77. The molecule has 158 valence electrons. The van der Waals surface area contributed by atoms with E-state index in [-0.39, 0.29) is 11.9 Å². The van der Waals surface area contributed by atoms with Gasteiger partial charge < -0.3 is 20.1 Å². The Hall–Kier alpha value is -3.48. The van der Waals surface area contributed by atoms with Crippen LogP contribution in [0.3, 0.4) is 0 Å². The number of anilines is 2. The molecular weight excluding hydrogens is 382 g/mol. The molecule has 2 aromatic carbocycles. The van der Waals surface area contributed by atoms with Crippen LogP contribution in [0.1, 0.15) is 25.3 Å². The van der Waals surface area contributed by atoms with Crippen molar-refractivity contribution in [2.24, 2.45) is 0 Å². The molecule has 1 aliphatic heterocycles. The molecule has 30 heavy (non-hydrogen) atoms. The van der Waals surface area contributed by atoms with Gasteiger partial charge in [0, 0.05) is 30.5 Å². The summed E-state index contributed by atoms with van der Waals surface area (Å²) in [5, 5.41) is 5.66. The molecule has 3 amide bonds. The second kappa shape index (κ2) is 10.3. The van der Waals surface area contributed by atoms with Gasteiger partial charge in [0.15, 0.2) is 11.5 Å². The fraction of sp³-hybridized carbons (Fsp3) is 0.304. The Kier molecular flexibility index (Phi) is 7.32. The zero-order valence-electron chi connectivity index (χ0n) is 17.3. The van der Waals surface area contributed by atoms with Crippen molar-refractivity contribution < 1.29 is 19.1 Å². The Morgan fingerprint density at radius 3 is 2.87 bits per heavy atom. The number of urea groups is 1. The second-order valence-electron chi connectivity index (χ2n) is 6.87. The number of nitrogens with zero attached hydrogens (tertiary/aromatic N) is 1. The first kappa shape index (κ1) is 21.2. The van der Waals surface area contributed by atoms with Gasteiger partial charge in [-0.1, -0.05) is 19.1 Å². The van der Waals surface area contributed by atoms with Crippen molar-refractivity contribution in [2.45, 2.75) is 19.8 Å². The maximum atomic E-state index is 12.4. The van der Waals surface area contributed by atoms with Gasteiger partial charge >= 0.3 is 6.03 Å². The van der Waals surface area contributed by atoms with Gasteiger partial charge in [-0.05, 0) is 54.8 Å². The van der Waals surface area contributed by atoms with Crippen molar-refractivity contribution in [3.63, 3.8) is 0 Å². The lowest BCUT2D eigenvalue weighted by Crippen LogP contribution is -2.46. The Morgan fingerprint density at radius 1 is 1.23 bits per heavy atom. The summed E-state index contributed by atoms with van der Waals surface area (Å²) < 4.78 is 11.0. The van der Waals surface area contributed by atoms with Crippen LogP contribution in [-0.4, -0.2) is 38.7 Å². The fourth-order valence-electron chi connectivity index (χ4n) is 3.10. The van der Waals surface area contributed by atoms with Gasteiger partial charge in [0.1, 0.15) is 0 Å². The van der Waals surface area contributed by atoms with Crippen molar-refractivity contribution in [3.8, 4) is 11.5 Å². The number of hydrogen-bond donors (Lipinski definition) is 2. The molecule has 0 bridgehead atoms. The Labute approximate surface area is 176 Å². The van der Waals surface area contributed by atoms with Crippen LogP contribution in [0, 0.1) is 0 Å². The van der Waals surface area contributed by atoms with Crippen LogP contribution in [0.5, 0.6) is 11.5 Å². The van der Waals surface area contributed by atoms with Crippen molar-refractivity contribution in [3.05, 3.63) is 54.1 Å². The molecule has 0 aliphatic carbocycles. The topological polar surface area (TPSA) is 79.9 Å². The van der Waals surface area contributed by atoms with Crippen LogP contribution in [0.2, 0.25) is 0 Å². The molecule has 0 saturated carbocycles. The SMILES string of the molecule is CCCOc1ccc(/C=C/C(=O)Nc2cccc(N3CCCNC3=O)c2)cc1OC. The average molecular weight is 409 g/mol. The molecule has 7 heteroatoms. The second-order valence-corrected chi connectivity index (χ2v) is 6.87. The predicted octanol–water partition coefficient (Wildman–Crippen LogP) is 4.06. The van der Waals surface area contributed by atoms with E-state index in [0.717, 1.165) is 24.1 Å². The molecule has 0 radical (unpaired) electrons. The third-order valence-corrected chi connectivity index (χ3v) is 4.58. The van der Waals surface area contributed by atoms with Crippen LogP contribution >= 0.6 is 0 Å². The molecule has 0 atom stereocenters. The minimum atomic E-state index is -0.263. The number of benzene rings is 2. The van der Waals surface area contributed by atoms with Crippen molar-refractivity contribution in [1.29, 1.82) is 0 Å². The summed E-state index contributed by atoms with van der Waals surface area (Å²) in [5.41, 5.74) is 2.20. The maximum Gasteiger partial charge on any atom is 0.321 e. The van der Waals surface area contributed by atoms with Gasteiger partial charge in [0.2, 0.25) is 5.91 Å². The normalized spacial score (nSPS) is 13.8. The highest BCUT2D eigenvalue weighted by molar-refractivity contribution is 6.02. The number of nitrogens with one attached hydrogen (secondary N) is 2. The standard InChI is InChI=1S/C23H27N3O4/c1-3-14-30-20-10-8-17(15-21(20)29-2)9-11-22(27)25-18-6-4-7-19(16-18)26-13-5-12-24-23(26)28/h4,6-11,15-16H,3,5,12-14H2,1-2H3,(H,24,28)(H,25,27)/b11-9+. The molecule has 1 aliphatic rings. The fourth-order valence-corrected chi connectivity index (χ4v) is 3.10. The molecule has 7 nitrogen and oxygen atoms in total. The molecular formula is C23H27N3O4. The highest BCUT2D eigenvalue weighted by atomic mass is 16.5. The molecule has 0 spiro atoms. The maximum absolute atomic E-state index is 12.4. The Balaban J connectivity index is 1.65. The van der Waals surface area contributed by atoms with Crippen LogP contribution in [0.4, 0.5) is 16.2 Å². The van der Waals surface area contributed by atoms with Gasteiger partial charge in [-0.2, -0.15) is 0 Å². The van der Waals surface area contributed by atoms with Gasteiger partial charge in [-0.15, -0.1) is 0 Å². The van der Waals surface area contributed by atoms with E-state index in [0.29, 0.717) is 36.9 Å². The largest absolute Gasteiger partial charge is 0.493 e. The molecule has 0 unspecified atom stereocenters. The van der Waals surface area contributed by atoms with Crippen LogP contribution in [-0.2, 0) is 4.79 Å². The Bertz CT molecular complexity index is 926. The minimum Gasteiger partial charge on any atom is -0.493 e. The first-order valence-corrected chi connectivity index (χ1v) is 10.1. The Morgan fingerprint density at radius 2 is 2.10 bits per heavy atom. The van der Waals surface area contributed by atoms with E-state index in [1.165, 1.54) is 6.08 Å². The molecule has 1 fully saturated rings. The van der Waals surface area contributed by atoms with Crippen LogP contribution in [0.15, 0.2) is 48.5 Å². The van der Waals surface area contributed by atoms with Crippen molar-refractivity contribution in [2.75, 3.05) is 37.0 Å². The zero-order chi connectivity index (χ0) is 21.3. The molecule has 2 N–H and O–H groups in total. The lowest BCUT2D eigenvalue weighted by Gasteiger charge is -2.27. The molecule has 1 heterocycles. The third kappa shape index (κ3) is 5.53. The molecule has 3 rings (SSSR count). The smallest absolute Gasteiger partial charge is 0.321 e. The highest BCUT2D eigenvalue weighted by Crippen LogP contribution is 2.28. The van der Waals surface area contributed by atoms with Crippen molar-refractivity contribution in [1.82, 2.24) is 5.32 Å². The summed E-state index contributed by atoms with van der Waals surface area (Å²) in [6.45, 7) is 4.00. The van der Waals surface area contributed by atoms with Gasteiger partial charge in [-0.3, -0.25) is 9.69 Å². The van der Waals surface area contributed by atoms with Gasteiger partial charge in [0.25, 0.3) is 0 Å². The highest BCUT2D eigenvalue weighted by Gasteiger charge is 2.19. The third-order valence-electron chi connectivity index (χ3n) is 4.58. The number of carbonyl (C=O) groups excluding carboxylic acids is 2. The summed E-state index contributed by atoms with van der Waals surface area (Å²) in [4.78, 5) is 26.0. The number of methoxy groups -OCH3 is 1. The first-order valence-electron chi connectivity index (χ1n) is 10.1. The summed E-state index contributed by atoms with van der Waals surface area (Å²) >= 11 is 0. The molecule has 0 aromatic heterocycles. The summed E-state index contributed by atoms with van der Waals surface area (Å²) in [6, 6.07) is 12.7. The number of hydrogen-bond acceptors (Lipinski definition) is 4. The van der Waals surface area contributed by atoms with E-state index in [1.54, 1.807) is 30.2 Å². The summed E-state index contributed by atoms with van der Waals surface area (Å²) in [5.74, 6) is 1.04. The molecule has 2 aromatic rings. The number of carbonyl (C=O) groups is 2. The zero-order valence-corrected chi connectivity index (χ0v) is 17.3.